The number of nitriles is 1. The van der Waals surface area contributed by atoms with Gasteiger partial charge in [0.15, 0.2) is 0 Å². The number of alkyl halides is 3. The highest BCUT2D eigenvalue weighted by Crippen LogP contribution is 2.39. The molecule has 0 radical (unpaired) electrons. The van der Waals surface area contributed by atoms with Gasteiger partial charge < -0.3 is 19.9 Å². The third-order valence-corrected chi connectivity index (χ3v) is 8.05. The molecule has 2 aromatic heterocycles. The van der Waals surface area contributed by atoms with Gasteiger partial charge in [0.25, 0.3) is 0 Å². The lowest BCUT2D eigenvalue weighted by molar-refractivity contribution is -0.137. The Balaban J connectivity index is 1.44. The maximum atomic E-state index is 14.0. The zero-order valence-electron chi connectivity index (χ0n) is 23.5. The molecule has 220 valence electrons. The number of nitrogens with zero attached hydrogens (tertiary/aromatic N) is 6. The van der Waals surface area contributed by atoms with Crippen molar-refractivity contribution in [3.63, 3.8) is 0 Å². The fraction of sp³-hybridized carbons (Fsp3) is 0.433. The minimum atomic E-state index is -4.54. The summed E-state index contributed by atoms with van der Waals surface area (Å²) in [6.45, 7) is 4.64. The van der Waals surface area contributed by atoms with E-state index >= 15 is 0 Å². The van der Waals surface area contributed by atoms with E-state index in [0.717, 1.165) is 31.6 Å². The average molecular weight is 580 g/mol. The molecule has 42 heavy (non-hydrogen) atoms. The van der Waals surface area contributed by atoms with E-state index in [-0.39, 0.29) is 17.5 Å². The Morgan fingerprint density at radius 3 is 2.57 bits per heavy atom. The highest BCUT2D eigenvalue weighted by Gasteiger charge is 2.46. The van der Waals surface area contributed by atoms with E-state index in [9.17, 15) is 23.2 Å². The number of carbonyl (C=O) groups is 1. The summed E-state index contributed by atoms with van der Waals surface area (Å²) in [6.07, 6.45) is -1.37. The molecule has 3 aromatic rings. The molecule has 0 spiro atoms. The molecule has 2 saturated heterocycles. The van der Waals surface area contributed by atoms with Crippen molar-refractivity contribution >= 4 is 11.6 Å². The lowest BCUT2D eigenvalue weighted by Crippen LogP contribution is -2.54. The normalized spacial score (nSPS) is 18.9. The molecule has 0 aliphatic carbocycles. The zero-order chi connectivity index (χ0) is 29.9. The number of piperidine rings is 1. The monoisotopic (exact) mass is 579 g/mol. The van der Waals surface area contributed by atoms with Crippen molar-refractivity contribution in [2.24, 2.45) is 0 Å². The van der Waals surface area contributed by atoms with Crippen LogP contribution in [0, 0.1) is 11.3 Å². The lowest BCUT2D eigenvalue weighted by atomic mass is 9.74. The predicted molar refractivity (Wildman–Crippen MR) is 150 cm³/mol. The smallest absolute Gasteiger partial charge is 0.416 e. The van der Waals surface area contributed by atoms with Gasteiger partial charge in [0.05, 0.1) is 45.8 Å². The quantitative estimate of drug-likeness (QED) is 0.444. The number of likely N-dealkylation sites (N-methyl/N-ethyl adjacent to an activating group) is 1. The van der Waals surface area contributed by atoms with Crippen molar-refractivity contribution in [2.45, 2.75) is 43.8 Å². The summed E-state index contributed by atoms with van der Waals surface area (Å²) in [7, 11) is 2.01. The predicted octanol–water partition coefficient (Wildman–Crippen LogP) is 4.19. The largest absolute Gasteiger partial charge is 0.477 e. The van der Waals surface area contributed by atoms with Gasteiger partial charge in [-0.25, -0.2) is 4.98 Å². The molecule has 1 atom stereocenters. The number of aromatic nitrogens is 3. The molecule has 4 heterocycles. The molecule has 9 nitrogen and oxygen atoms in total. The van der Waals surface area contributed by atoms with E-state index in [1.807, 2.05) is 31.0 Å². The molecular formula is C30H32F3N7O2. The second-order valence-corrected chi connectivity index (χ2v) is 10.7. The van der Waals surface area contributed by atoms with Crippen molar-refractivity contribution in [3.8, 4) is 23.2 Å². The zero-order valence-corrected chi connectivity index (χ0v) is 23.5. The first-order valence-electron chi connectivity index (χ1n) is 13.9. The van der Waals surface area contributed by atoms with Crippen LogP contribution in [0.3, 0.4) is 0 Å². The fourth-order valence-corrected chi connectivity index (χ4v) is 5.75. The highest BCUT2D eigenvalue weighted by molar-refractivity contribution is 5.88. The number of anilines is 1. The van der Waals surface area contributed by atoms with Crippen LogP contribution >= 0.6 is 0 Å². The van der Waals surface area contributed by atoms with Gasteiger partial charge in [0.1, 0.15) is 6.07 Å². The second-order valence-electron chi connectivity index (χ2n) is 10.7. The number of likely N-dealkylation sites (tertiary alicyclic amines) is 1. The molecule has 2 aliphatic heterocycles. The van der Waals surface area contributed by atoms with Crippen LogP contribution < -0.4 is 15.0 Å². The van der Waals surface area contributed by atoms with E-state index < -0.39 is 17.2 Å². The van der Waals surface area contributed by atoms with E-state index in [1.165, 1.54) is 6.07 Å². The molecule has 2 aliphatic rings. The molecule has 0 unspecified atom stereocenters. The van der Waals surface area contributed by atoms with Crippen LogP contribution in [-0.2, 0) is 16.4 Å². The van der Waals surface area contributed by atoms with Crippen LogP contribution in [0.1, 0.15) is 43.0 Å². The Morgan fingerprint density at radius 1 is 1.17 bits per heavy atom. The third-order valence-electron chi connectivity index (χ3n) is 8.05. The Hall–Kier alpha value is -4.24. The van der Waals surface area contributed by atoms with Gasteiger partial charge in [0.2, 0.25) is 11.8 Å². The summed E-state index contributed by atoms with van der Waals surface area (Å²) in [4.78, 5) is 22.3. The minimum absolute atomic E-state index is 0.00823. The average Bonchev–Trinajstić information content (AvgIpc) is 3.41. The van der Waals surface area contributed by atoms with Gasteiger partial charge in [-0.15, -0.1) is 0 Å². The number of hydrogen-bond acceptors (Lipinski definition) is 8. The van der Waals surface area contributed by atoms with Crippen LogP contribution in [0.25, 0.3) is 11.3 Å². The van der Waals surface area contributed by atoms with Gasteiger partial charge in [0, 0.05) is 31.9 Å². The third kappa shape index (κ3) is 5.87. The molecule has 1 N–H and O–H groups in total. The maximum Gasteiger partial charge on any atom is 0.416 e. The van der Waals surface area contributed by atoms with Crippen molar-refractivity contribution < 1.29 is 22.7 Å². The number of amides is 1. The first-order chi connectivity index (χ1) is 20.1. The van der Waals surface area contributed by atoms with Gasteiger partial charge in [-0.2, -0.15) is 28.6 Å². The molecule has 0 saturated carbocycles. The van der Waals surface area contributed by atoms with Crippen molar-refractivity contribution in [1.82, 2.24) is 25.4 Å². The number of halogens is 3. The van der Waals surface area contributed by atoms with Crippen LogP contribution in [-0.4, -0.2) is 71.9 Å². The topological polar surface area (TPSA) is 107 Å². The summed E-state index contributed by atoms with van der Waals surface area (Å²) >= 11 is 0. The number of rotatable bonds is 7. The number of benzene rings is 1. The Bertz CT molecular complexity index is 1460. The van der Waals surface area contributed by atoms with Crippen LogP contribution in [0.15, 0.2) is 48.7 Å². The number of ether oxygens (including phenoxy) is 1. The van der Waals surface area contributed by atoms with Crippen molar-refractivity contribution in [3.05, 3.63) is 65.5 Å². The summed E-state index contributed by atoms with van der Waals surface area (Å²) in [5.74, 6) is 0.298. The first kappa shape index (κ1) is 29.3. The molecule has 2 fully saturated rings. The number of pyridine rings is 1. The van der Waals surface area contributed by atoms with Crippen LogP contribution in [0.4, 0.5) is 18.9 Å². The van der Waals surface area contributed by atoms with Gasteiger partial charge in [-0.3, -0.25) is 4.79 Å². The van der Waals surface area contributed by atoms with Crippen LogP contribution in [0.5, 0.6) is 5.88 Å². The molecule has 12 heteroatoms. The number of carbonyl (C=O) groups excluding carboxylic acids is 1. The van der Waals surface area contributed by atoms with E-state index in [2.05, 4.69) is 25.4 Å². The van der Waals surface area contributed by atoms with Gasteiger partial charge in [-0.05, 0) is 82.2 Å². The first-order valence-corrected chi connectivity index (χ1v) is 13.9. The summed E-state index contributed by atoms with van der Waals surface area (Å²) in [5, 5.41) is 21.8. The Morgan fingerprint density at radius 2 is 1.95 bits per heavy atom. The Labute approximate surface area is 242 Å². The van der Waals surface area contributed by atoms with Gasteiger partial charge >= 0.3 is 6.18 Å². The fourth-order valence-electron chi connectivity index (χ4n) is 5.75. The van der Waals surface area contributed by atoms with E-state index in [1.54, 1.807) is 24.4 Å². The second kappa shape index (κ2) is 11.9. The van der Waals surface area contributed by atoms with E-state index in [4.69, 9.17) is 4.74 Å². The standard InChI is InChI=1S/C30H32F3N7O2/c1-3-42-27-23(5-4-13-35-27)24-7-9-26(38-37-24)29(28(41)36-22-10-14-39(2)19-22)11-15-40(16-12-29)25-8-6-21(30(31,32)33)17-20(25)18-34/h4-9,13,17,22H,3,10-12,14-16,19H2,1-2H3,(H,36,41)/t22-/m0/s1. The molecule has 1 amide bonds. The highest BCUT2D eigenvalue weighted by atomic mass is 19.4. The van der Waals surface area contributed by atoms with E-state index in [0.29, 0.717) is 61.1 Å². The molecule has 5 rings (SSSR count). The summed E-state index contributed by atoms with van der Waals surface area (Å²) in [5.41, 5.74) is 0.256. The molecular weight excluding hydrogens is 547 g/mol. The van der Waals surface area contributed by atoms with Crippen molar-refractivity contribution in [2.75, 3.05) is 44.7 Å². The number of nitrogens with one attached hydrogen (secondary N) is 1. The Kier molecular flexibility index (Phi) is 8.31. The van der Waals surface area contributed by atoms with Crippen LogP contribution in [0.2, 0.25) is 0 Å². The lowest BCUT2D eigenvalue weighted by Gasteiger charge is -2.41. The summed E-state index contributed by atoms with van der Waals surface area (Å²) < 4.78 is 45.4. The number of hydrogen-bond donors (Lipinski definition) is 1. The molecule has 0 bridgehead atoms. The van der Waals surface area contributed by atoms with Crippen molar-refractivity contribution in [1.29, 1.82) is 5.26 Å². The maximum absolute atomic E-state index is 14.0. The summed E-state index contributed by atoms with van der Waals surface area (Å²) in [6, 6.07) is 12.3. The SMILES string of the molecule is CCOc1ncccc1-c1ccc(C2(C(=O)N[C@H]3CCN(C)C3)CCN(c3ccc(C(F)(F)F)cc3C#N)CC2)nn1. The molecule has 1 aromatic carbocycles. The van der Waals surface area contributed by atoms with Gasteiger partial charge in [-0.1, -0.05) is 0 Å². The minimum Gasteiger partial charge on any atom is -0.477 e.